The number of benzene rings is 4. The third-order valence-corrected chi connectivity index (χ3v) is 16.9. The second-order valence-electron chi connectivity index (χ2n) is 29.4. The van der Waals surface area contributed by atoms with Crippen LogP contribution in [0.2, 0.25) is 0 Å². The number of carbonyl (C=O) groups is 10. The molecule has 8 atom stereocenters. The van der Waals surface area contributed by atoms with Gasteiger partial charge in [-0.2, -0.15) is 13.2 Å². The van der Waals surface area contributed by atoms with Crippen molar-refractivity contribution in [2.24, 2.45) is 57.3 Å². The monoisotopic (exact) mass is 1530 g/mol. The number of aryl methyl sites for hydroxylation is 2. The normalized spacial score (nSPS) is 14.1. The van der Waals surface area contributed by atoms with Crippen LogP contribution in [0.25, 0.3) is 0 Å². The van der Waals surface area contributed by atoms with Crippen molar-refractivity contribution in [2.45, 2.75) is 234 Å². The van der Waals surface area contributed by atoms with Crippen LogP contribution in [0.1, 0.15) is 182 Å². The number of nitrogens with zero attached hydrogens (tertiary/aromatic N) is 2. The molecule has 0 aliphatic heterocycles. The second-order valence-corrected chi connectivity index (χ2v) is 29.4. The van der Waals surface area contributed by atoms with Crippen LogP contribution in [-0.4, -0.2) is 142 Å². The second kappa shape index (κ2) is 49.3. The van der Waals surface area contributed by atoms with Crippen molar-refractivity contribution in [1.29, 1.82) is 0 Å². The molecule has 602 valence electrons. The predicted octanol–water partition coefficient (Wildman–Crippen LogP) is 10.5. The molecule has 4 rings (SSSR count). The number of guanidine groups is 1. The standard InChI is InChI=1S/C42H62N4O9.C38H52F3N5O8/c1-28(2)23-35(36(48)24-32(47)20-14-19-30-15-10-8-11-16-30)44-40(51)33(29(3)4)25-37(49)34(45-41(52)53-27-31-17-12-9-13-18-31)21-22-54-46-38(43)26-39(50)55-42(5,6)7;1-24(2)20-31(32(48)21-28(47)17-11-16-26-12-7-5-8-13-26)43-34(50)29(25(3)4)22-33(49)30(44-37(52)53-23-27-14-9-6-10-15-27)18-19-54-46-36(42)45-35(51)38(39,40)41/h8-13,15-18,28-29,33-36,48H,14,19-27H2,1-7H3,(H2,43,46)(H,44,51)(H,45,52);5-10,12-15,24-25,29-32,48H,11,16-23H2,1-4H3,(H,43,50)(H,44,52)(H3,42,45,46,51)/t33-,34-,35-,36-;29-,30-,31-,32-/m00/s1. The van der Waals surface area contributed by atoms with Crippen LogP contribution in [0.15, 0.2) is 132 Å². The van der Waals surface area contributed by atoms with Crippen LogP contribution in [-0.2, 0) is 88.3 Å². The average molecular weight is 1530 g/mol. The first-order valence-electron chi connectivity index (χ1n) is 37.0. The first-order valence-corrected chi connectivity index (χ1v) is 37.0. The summed E-state index contributed by atoms with van der Waals surface area (Å²) in [5.74, 6) is -8.57. The van der Waals surface area contributed by atoms with E-state index in [-0.39, 0.29) is 112 Å². The molecular formula is C80H114F3N9O17. The number of alkyl carbamates (subject to hydrolysis) is 2. The highest BCUT2D eigenvalue weighted by Crippen LogP contribution is 2.24. The highest BCUT2D eigenvalue weighted by Gasteiger charge is 2.40. The molecule has 0 aliphatic carbocycles. The number of hydrogen-bond acceptors (Lipinski definition) is 19. The molecule has 0 bridgehead atoms. The van der Waals surface area contributed by atoms with Gasteiger partial charge in [0.2, 0.25) is 17.8 Å². The number of aliphatic hydroxyl groups is 2. The van der Waals surface area contributed by atoms with E-state index >= 15 is 0 Å². The summed E-state index contributed by atoms with van der Waals surface area (Å²) < 4.78 is 53.3. The molecule has 0 unspecified atom stereocenters. The number of amidine groups is 1. The summed E-state index contributed by atoms with van der Waals surface area (Å²) in [7, 11) is 0. The van der Waals surface area contributed by atoms with Crippen molar-refractivity contribution in [3.63, 3.8) is 0 Å². The maximum Gasteiger partial charge on any atom is 0.471 e. The van der Waals surface area contributed by atoms with Gasteiger partial charge in [-0.3, -0.25) is 43.7 Å². The lowest BCUT2D eigenvalue weighted by molar-refractivity contribution is -0.172. The lowest BCUT2D eigenvalue weighted by atomic mass is 9.86. The van der Waals surface area contributed by atoms with Crippen LogP contribution < -0.4 is 38.1 Å². The lowest BCUT2D eigenvalue weighted by Crippen LogP contribution is -2.49. The topological polar surface area (TPSA) is 394 Å². The predicted molar refractivity (Wildman–Crippen MR) is 405 cm³/mol. The van der Waals surface area contributed by atoms with Crippen molar-refractivity contribution < 1.29 is 95.2 Å². The Morgan fingerprint density at radius 1 is 0.495 bits per heavy atom. The Bertz CT molecular complexity index is 3510. The summed E-state index contributed by atoms with van der Waals surface area (Å²) in [4.78, 5) is 139. The van der Waals surface area contributed by atoms with E-state index in [2.05, 4.69) is 31.6 Å². The van der Waals surface area contributed by atoms with Gasteiger partial charge in [-0.15, -0.1) is 0 Å². The minimum Gasteiger partial charge on any atom is -0.460 e. The van der Waals surface area contributed by atoms with Gasteiger partial charge >= 0.3 is 30.2 Å². The zero-order valence-corrected chi connectivity index (χ0v) is 64.6. The molecule has 0 heterocycles. The number of alkyl halides is 3. The van der Waals surface area contributed by atoms with Crippen LogP contribution in [0.5, 0.6) is 0 Å². The minimum absolute atomic E-state index is 0.0261. The van der Waals surface area contributed by atoms with Gasteiger partial charge in [0.1, 0.15) is 50.0 Å². The maximum absolute atomic E-state index is 13.8. The largest absolute Gasteiger partial charge is 0.471 e. The van der Waals surface area contributed by atoms with Crippen LogP contribution in [0, 0.1) is 35.5 Å². The Kier molecular flexibility index (Phi) is 42.3. The Morgan fingerprint density at radius 3 is 1.19 bits per heavy atom. The molecule has 26 nitrogen and oxygen atoms in total. The summed E-state index contributed by atoms with van der Waals surface area (Å²) in [6.45, 7) is 19.2. The van der Waals surface area contributed by atoms with E-state index in [1.54, 1.807) is 77.1 Å². The molecule has 0 saturated heterocycles. The van der Waals surface area contributed by atoms with E-state index in [0.717, 1.165) is 23.1 Å². The van der Waals surface area contributed by atoms with E-state index < -0.39 is 120 Å². The van der Waals surface area contributed by atoms with Crippen molar-refractivity contribution in [2.75, 3.05) is 13.2 Å². The van der Waals surface area contributed by atoms with Gasteiger partial charge in [0.15, 0.2) is 17.4 Å². The number of carbonyl (C=O) groups excluding carboxylic acids is 10. The number of hydrogen-bond donors (Lipinski definition) is 9. The summed E-state index contributed by atoms with van der Waals surface area (Å²) in [6, 6.07) is 33.4. The number of halogens is 3. The Labute approximate surface area is 637 Å². The zero-order valence-electron chi connectivity index (χ0n) is 64.6. The molecule has 0 fully saturated rings. The van der Waals surface area contributed by atoms with E-state index in [0.29, 0.717) is 44.1 Å². The molecule has 109 heavy (non-hydrogen) atoms. The molecular weight excluding hydrogens is 1420 g/mol. The van der Waals surface area contributed by atoms with E-state index in [1.165, 1.54) is 5.32 Å². The Balaban J connectivity index is 0.000000565. The van der Waals surface area contributed by atoms with Gasteiger partial charge in [0, 0.05) is 63.2 Å². The summed E-state index contributed by atoms with van der Waals surface area (Å²) in [6.07, 6.45) is -6.64. The van der Waals surface area contributed by atoms with Gasteiger partial charge in [-0.05, 0) is 110 Å². The molecule has 0 radical (unpaired) electrons. The van der Waals surface area contributed by atoms with E-state index in [1.807, 2.05) is 120 Å². The third-order valence-electron chi connectivity index (χ3n) is 16.9. The number of ether oxygens (including phenoxy) is 3. The van der Waals surface area contributed by atoms with E-state index in [4.69, 9.17) is 35.4 Å². The summed E-state index contributed by atoms with van der Waals surface area (Å²) in [5.41, 5.74) is 14.1. The minimum atomic E-state index is -5.21. The molecule has 0 spiro atoms. The molecule has 0 aliphatic rings. The fourth-order valence-corrected chi connectivity index (χ4v) is 11.2. The van der Waals surface area contributed by atoms with Gasteiger partial charge in [0.25, 0.3) is 0 Å². The number of esters is 1. The fourth-order valence-electron chi connectivity index (χ4n) is 11.2. The van der Waals surface area contributed by atoms with Crippen LogP contribution >= 0.6 is 0 Å². The quantitative estimate of drug-likeness (QED) is 0.00495. The van der Waals surface area contributed by atoms with Crippen molar-refractivity contribution >= 4 is 70.8 Å². The number of aliphatic hydroxyl groups excluding tert-OH is 2. The molecule has 11 N–H and O–H groups in total. The molecule has 4 aromatic carbocycles. The van der Waals surface area contributed by atoms with Gasteiger partial charge < -0.3 is 66.8 Å². The highest BCUT2D eigenvalue weighted by molar-refractivity contribution is 5.98. The summed E-state index contributed by atoms with van der Waals surface area (Å²) >= 11 is 0. The van der Waals surface area contributed by atoms with Crippen molar-refractivity contribution in [1.82, 2.24) is 26.6 Å². The van der Waals surface area contributed by atoms with E-state index in [9.17, 15) is 71.3 Å². The number of rotatable bonds is 46. The molecule has 29 heteroatoms. The Hall–Kier alpha value is -9.77. The molecule has 5 amide bonds. The number of ketones is 4. The first kappa shape index (κ1) is 93.4. The van der Waals surface area contributed by atoms with Crippen molar-refractivity contribution in [3.05, 3.63) is 144 Å². The van der Waals surface area contributed by atoms with Gasteiger partial charge in [0.05, 0.1) is 36.4 Å². The molecule has 4 aromatic rings. The third kappa shape index (κ3) is 40.8. The number of amides is 5. The Morgan fingerprint density at radius 2 is 0.853 bits per heavy atom. The first-order chi connectivity index (χ1) is 51.4. The SMILES string of the molecule is CC(C)C[C@H](NC(=O)[C@@H](CC(=O)[C@H](CCON=C(N)CC(=O)OC(C)(C)C)NC(=O)OCc1ccccc1)C(C)C)[C@@H](O)CC(=O)CCCc1ccccc1.CC(C)C[C@H](NC(=O)[C@@H](CC(=O)[C@H](CCON=C(N)NC(=O)C(F)(F)F)NC(=O)OCc1ccccc1)C(C)C)[C@@H](O)CC(=O)CCCc1ccccc1. The molecule has 0 aromatic heterocycles. The fraction of sp³-hybridized carbons (Fsp3) is 0.550. The van der Waals surface area contributed by atoms with Gasteiger partial charge in [-0.25, -0.2) is 9.59 Å². The number of nitrogens with two attached hydrogens (primary N) is 2. The van der Waals surface area contributed by atoms with Crippen LogP contribution in [0.4, 0.5) is 22.8 Å². The smallest absolute Gasteiger partial charge is 0.460 e. The zero-order chi connectivity index (χ0) is 81.2. The van der Waals surface area contributed by atoms with Gasteiger partial charge in [-0.1, -0.05) is 182 Å². The summed E-state index contributed by atoms with van der Waals surface area (Å²) in [5, 5.41) is 41.3. The average Bonchev–Trinajstić information content (AvgIpc) is 0.854. The number of Topliss-reactive ketones (excluding diaryl/α,β-unsaturated/α-hetero) is 4. The lowest BCUT2D eigenvalue weighted by Gasteiger charge is -2.29. The van der Waals surface area contributed by atoms with Crippen LogP contribution in [0.3, 0.4) is 0 Å². The number of nitrogens with one attached hydrogen (secondary N) is 5. The van der Waals surface area contributed by atoms with Crippen molar-refractivity contribution in [3.8, 4) is 0 Å². The highest BCUT2D eigenvalue weighted by atomic mass is 19.4. The maximum atomic E-state index is 13.8. The number of oxime groups is 2. The molecule has 0 saturated carbocycles.